The van der Waals surface area contributed by atoms with Crippen LogP contribution in [0.15, 0.2) is 29.1 Å². The van der Waals surface area contributed by atoms with Gasteiger partial charge in [-0.2, -0.15) is 0 Å². The molecule has 0 spiro atoms. The van der Waals surface area contributed by atoms with Crippen LogP contribution in [0.25, 0.3) is 5.52 Å². The molecule has 0 unspecified atom stereocenters. The molecule has 0 N–H and O–H groups in total. The third kappa shape index (κ3) is 1.95. The molecule has 84 valence electrons. The smallest absolute Gasteiger partial charge is 0.355 e. The average molecular weight is 283 g/mol. The van der Waals surface area contributed by atoms with Gasteiger partial charge in [0.1, 0.15) is 16.6 Å². The molecule has 2 aromatic rings. The van der Waals surface area contributed by atoms with Gasteiger partial charge in [0.05, 0.1) is 11.6 Å². The Morgan fingerprint density at radius 1 is 1.50 bits per heavy atom. The normalized spacial score (nSPS) is 11.0. The van der Waals surface area contributed by atoms with Crippen LogP contribution in [-0.4, -0.2) is 21.5 Å². The molecule has 0 fully saturated rings. The molecule has 2 rings (SSSR count). The van der Waals surface area contributed by atoms with Crippen molar-refractivity contribution in [2.75, 3.05) is 0 Å². The second-order valence-electron chi connectivity index (χ2n) is 3.66. The topological polar surface area (TPSA) is 43.6 Å². The first-order valence-electron chi connectivity index (χ1n) is 4.92. The summed E-state index contributed by atoms with van der Waals surface area (Å²) < 4.78 is 7.57. The largest absolute Gasteiger partial charge is 0.458 e. The highest BCUT2D eigenvalue weighted by molar-refractivity contribution is 9.10. The van der Waals surface area contributed by atoms with Gasteiger partial charge in [-0.05, 0) is 41.9 Å². The van der Waals surface area contributed by atoms with Gasteiger partial charge in [0.2, 0.25) is 0 Å². The van der Waals surface area contributed by atoms with Crippen LogP contribution in [0.4, 0.5) is 0 Å². The van der Waals surface area contributed by atoms with Crippen LogP contribution in [0, 0.1) is 0 Å². The zero-order chi connectivity index (χ0) is 11.7. The Kier molecular flexibility index (Phi) is 2.96. The van der Waals surface area contributed by atoms with Crippen molar-refractivity contribution >= 4 is 27.4 Å². The van der Waals surface area contributed by atoms with E-state index in [1.165, 1.54) is 0 Å². The second kappa shape index (κ2) is 4.25. The van der Waals surface area contributed by atoms with Crippen molar-refractivity contribution in [2.24, 2.45) is 0 Å². The number of carbonyl (C=O) groups is 1. The van der Waals surface area contributed by atoms with E-state index in [1.54, 1.807) is 22.9 Å². The van der Waals surface area contributed by atoms with Crippen molar-refractivity contribution in [1.29, 1.82) is 0 Å². The van der Waals surface area contributed by atoms with Crippen molar-refractivity contribution < 1.29 is 9.53 Å². The van der Waals surface area contributed by atoms with E-state index in [-0.39, 0.29) is 12.1 Å². The second-order valence-corrected chi connectivity index (χ2v) is 4.41. The molecule has 4 nitrogen and oxygen atoms in total. The molecule has 5 heteroatoms. The van der Waals surface area contributed by atoms with E-state index in [0.29, 0.717) is 10.3 Å². The number of pyridine rings is 1. The first-order chi connectivity index (χ1) is 7.59. The van der Waals surface area contributed by atoms with Gasteiger partial charge in [-0.15, -0.1) is 0 Å². The zero-order valence-corrected chi connectivity index (χ0v) is 10.6. The molecule has 16 heavy (non-hydrogen) atoms. The summed E-state index contributed by atoms with van der Waals surface area (Å²) in [5.74, 6) is -0.342. The summed E-state index contributed by atoms with van der Waals surface area (Å²) in [6.07, 6.45) is 1.46. The summed E-state index contributed by atoms with van der Waals surface area (Å²) in [7, 11) is 0. The van der Waals surface area contributed by atoms with Crippen LogP contribution in [0.3, 0.4) is 0 Å². The highest BCUT2D eigenvalue weighted by Gasteiger charge is 2.14. The Morgan fingerprint density at radius 3 is 2.94 bits per heavy atom. The monoisotopic (exact) mass is 282 g/mol. The first kappa shape index (κ1) is 11.1. The minimum absolute atomic E-state index is 0.130. The Morgan fingerprint density at radius 2 is 2.25 bits per heavy atom. The molecular weight excluding hydrogens is 272 g/mol. The van der Waals surface area contributed by atoms with Gasteiger partial charge in [0, 0.05) is 0 Å². The third-order valence-electron chi connectivity index (χ3n) is 2.08. The van der Waals surface area contributed by atoms with E-state index in [1.807, 2.05) is 19.9 Å². The quantitative estimate of drug-likeness (QED) is 0.796. The number of esters is 1. The lowest BCUT2D eigenvalue weighted by Crippen LogP contribution is -2.14. The maximum absolute atomic E-state index is 11.8. The Bertz CT molecular complexity index is 534. The molecule has 0 aliphatic heterocycles. The number of aromatic nitrogens is 2. The molecule has 0 aromatic carbocycles. The molecule has 0 bridgehead atoms. The average Bonchev–Trinajstić information content (AvgIpc) is 2.59. The number of nitrogens with zero attached hydrogens (tertiary/aromatic N) is 2. The molecule has 0 saturated heterocycles. The number of hydrogen-bond donors (Lipinski definition) is 0. The predicted molar refractivity (Wildman–Crippen MR) is 63.4 cm³/mol. The fourth-order valence-electron chi connectivity index (χ4n) is 1.43. The van der Waals surface area contributed by atoms with Crippen molar-refractivity contribution in [3.05, 3.63) is 34.8 Å². The van der Waals surface area contributed by atoms with Gasteiger partial charge in [0.25, 0.3) is 0 Å². The van der Waals surface area contributed by atoms with Crippen LogP contribution in [-0.2, 0) is 4.74 Å². The summed E-state index contributed by atoms with van der Waals surface area (Å²) in [4.78, 5) is 15.9. The highest BCUT2D eigenvalue weighted by atomic mass is 79.9. The number of ether oxygens (including phenoxy) is 1. The molecule has 0 aliphatic rings. The SMILES string of the molecule is CC(C)OC(=O)c1cccc2c(Br)ncn12. The minimum Gasteiger partial charge on any atom is -0.458 e. The van der Waals surface area contributed by atoms with Crippen molar-refractivity contribution in [1.82, 2.24) is 9.38 Å². The molecule has 0 saturated carbocycles. The fraction of sp³-hybridized carbons (Fsp3) is 0.273. The van der Waals surface area contributed by atoms with E-state index in [9.17, 15) is 4.79 Å². The number of fused-ring (bicyclic) bond motifs is 1. The Balaban J connectivity index is 2.48. The number of rotatable bonds is 2. The van der Waals surface area contributed by atoms with Crippen molar-refractivity contribution in [3.63, 3.8) is 0 Å². The van der Waals surface area contributed by atoms with Crippen LogP contribution in [0.2, 0.25) is 0 Å². The van der Waals surface area contributed by atoms with E-state index in [4.69, 9.17) is 4.74 Å². The zero-order valence-electron chi connectivity index (χ0n) is 8.98. The lowest BCUT2D eigenvalue weighted by Gasteiger charge is -2.09. The summed E-state index contributed by atoms with van der Waals surface area (Å²) in [5, 5.41) is 0. The highest BCUT2D eigenvalue weighted by Crippen LogP contribution is 2.18. The molecule has 0 radical (unpaired) electrons. The summed E-state index contributed by atoms with van der Waals surface area (Å²) in [6, 6.07) is 5.40. The standard InChI is InChI=1S/C11H11BrN2O2/c1-7(2)16-11(15)9-5-3-4-8-10(12)13-6-14(8)9/h3-7H,1-2H3. The molecule has 0 amide bonds. The fourth-order valence-corrected chi connectivity index (χ4v) is 1.84. The maximum Gasteiger partial charge on any atom is 0.355 e. The van der Waals surface area contributed by atoms with Crippen LogP contribution < -0.4 is 0 Å². The van der Waals surface area contributed by atoms with Crippen LogP contribution in [0.5, 0.6) is 0 Å². The predicted octanol–water partition coefficient (Wildman–Crippen LogP) is 2.66. The van der Waals surface area contributed by atoms with Crippen molar-refractivity contribution in [3.8, 4) is 0 Å². The van der Waals surface area contributed by atoms with E-state index >= 15 is 0 Å². The van der Waals surface area contributed by atoms with E-state index in [0.717, 1.165) is 5.52 Å². The first-order valence-corrected chi connectivity index (χ1v) is 5.71. The van der Waals surface area contributed by atoms with Gasteiger partial charge in [0.15, 0.2) is 0 Å². The number of imidazole rings is 1. The van der Waals surface area contributed by atoms with Gasteiger partial charge in [-0.1, -0.05) is 6.07 Å². The van der Waals surface area contributed by atoms with Gasteiger partial charge in [-0.25, -0.2) is 9.78 Å². The van der Waals surface area contributed by atoms with Gasteiger partial charge >= 0.3 is 5.97 Å². The minimum atomic E-state index is -0.342. The summed E-state index contributed by atoms with van der Waals surface area (Å²) in [6.45, 7) is 3.64. The Labute approximate surface area is 101 Å². The molecular formula is C11H11BrN2O2. The lowest BCUT2D eigenvalue weighted by molar-refractivity contribution is 0.0369. The maximum atomic E-state index is 11.8. The molecule has 2 heterocycles. The Hall–Kier alpha value is -1.36. The number of hydrogen-bond acceptors (Lipinski definition) is 3. The summed E-state index contributed by atoms with van der Waals surface area (Å²) >= 11 is 3.32. The van der Waals surface area contributed by atoms with E-state index < -0.39 is 0 Å². The number of carbonyl (C=O) groups excluding carboxylic acids is 1. The molecule has 0 aliphatic carbocycles. The van der Waals surface area contributed by atoms with E-state index in [2.05, 4.69) is 20.9 Å². The third-order valence-corrected chi connectivity index (χ3v) is 2.69. The van der Waals surface area contributed by atoms with Crippen LogP contribution in [0.1, 0.15) is 24.3 Å². The molecule has 2 aromatic heterocycles. The lowest BCUT2D eigenvalue weighted by atomic mass is 10.3. The van der Waals surface area contributed by atoms with Crippen molar-refractivity contribution in [2.45, 2.75) is 20.0 Å². The number of halogens is 1. The van der Waals surface area contributed by atoms with Crippen LogP contribution >= 0.6 is 15.9 Å². The van der Waals surface area contributed by atoms with Gasteiger partial charge < -0.3 is 4.74 Å². The summed E-state index contributed by atoms with van der Waals surface area (Å²) in [5.41, 5.74) is 1.32. The van der Waals surface area contributed by atoms with Gasteiger partial charge in [-0.3, -0.25) is 4.40 Å². The molecule has 0 atom stereocenters.